The van der Waals surface area contributed by atoms with Gasteiger partial charge in [0.15, 0.2) is 16.7 Å². The zero-order chi connectivity index (χ0) is 20.4. The fourth-order valence-corrected chi connectivity index (χ4v) is 2.61. The van der Waals surface area contributed by atoms with Gasteiger partial charge in [0.05, 0.1) is 4.75 Å². The van der Waals surface area contributed by atoms with Crippen molar-refractivity contribution in [3.63, 3.8) is 0 Å². The molecule has 0 radical (unpaired) electrons. The zero-order valence-corrected chi connectivity index (χ0v) is 15.9. The van der Waals surface area contributed by atoms with Crippen LogP contribution in [0.4, 0.5) is 17.6 Å². The van der Waals surface area contributed by atoms with Crippen LogP contribution < -0.4 is 4.74 Å². The van der Waals surface area contributed by atoms with E-state index in [9.17, 15) is 21.8 Å². The molecule has 5 nitrogen and oxygen atoms in total. The normalized spacial score (nSPS) is 14.1. The summed E-state index contributed by atoms with van der Waals surface area (Å²) in [5.74, 6) is -2.29. The van der Waals surface area contributed by atoms with Crippen LogP contribution in [0.2, 0.25) is 5.15 Å². The zero-order valence-electron chi connectivity index (χ0n) is 14.3. The molecule has 27 heavy (non-hydrogen) atoms. The molecule has 0 aliphatic rings. The summed E-state index contributed by atoms with van der Waals surface area (Å²) in [4.78, 5) is 7.85. The predicted molar refractivity (Wildman–Crippen MR) is 93.7 cm³/mol. The van der Waals surface area contributed by atoms with Gasteiger partial charge in [-0.1, -0.05) is 11.6 Å². The first-order valence-corrected chi connectivity index (χ1v) is 8.90. The van der Waals surface area contributed by atoms with Gasteiger partial charge in [0, 0.05) is 18.0 Å². The highest BCUT2D eigenvalue weighted by Crippen LogP contribution is 2.28. The highest BCUT2D eigenvalue weighted by Gasteiger charge is 2.32. The number of hydrogen-bond acceptors (Lipinski definition) is 4. The van der Waals surface area contributed by atoms with Crippen LogP contribution in [0.1, 0.15) is 32.0 Å². The van der Waals surface area contributed by atoms with E-state index in [0.29, 0.717) is 0 Å². The van der Waals surface area contributed by atoms with Crippen LogP contribution in [-0.4, -0.2) is 31.0 Å². The summed E-state index contributed by atoms with van der Waals surface area (Å²) in [5, 5.41) is -0.0850. The van der Waals surface area contributed by atoms with E-state index in [2.05, 4.69) is 19.1 Å². The summed E-state index contributed by atoms with van der Waals surface area (Å²) < 4.78 is 70.4. The molecule has 0 saturated heterocycles. The third kappa shape index (κ3) is 5.70. The van der Waals surface area contributed by atoms with Crippen LogP contribution in [0.15, 0.2) is 35.0 Å². The van der Waals surface area contributed by atoms with Crippen LogP contribution in [0.3, 0.4) is 0 Å². The summed E-state index contributed by atoms with van der Waals surface area (Å²) in [5.41, 5.74) is -0.0403. The molecule has 1 aromatic carbocycles. The number of nitrogens with zero attached hydrogens (tertiary/aromatic N) is 3. The molecule has 2 rings (SSSR count). The molecule has 0 bridgehead atoms. The standard InChI is InChI=1S/C16H14ClF4N3O2S/c1-15(2,3)27(25)24-12(13-14(17)23-7-6-22-13)9-4-5-11(10(18)8-9)26-16(19,20)21/h4-8H,1-3H3/b24-12-/t27-/m1/s1. The van der Waals surface area contributed by atoms with E-state index in [1.807, 2.05) is 0 Å². The molecule has 0 spiro atoms. The minimum absolute atomic E-state index is 0.0145. The molecule has 2 aromatic rings. The monoisotopic (exact) mass is 423 g/mol. The average molecular weight is 424 g/mol. The lowest BCUT2D eigenvalue weighted by molar-refractivity contribution is -0.275. The van der Waals surface area contributed by atoms with E-state index >= 15 is 0 Å². The number of halogens is 5. The van der Waals surface area contributed by atoms with Crippen LogP contribution >= 0.6 is 11.6 Å². The quantitative estimate of drug-likeness (QED) is 0.537. The lowest BCUT2D eigenvalue weighted by atomic mass is 10.1. The Morgan fingerprint density at radius 3 is 2.33 bits per heavy atom. The van der Waals surface area contributed by atoms with Crippen LogP contribution in [0.5, 0.6) is 5.75 Å². The van der Waals surface area contributed by atoms with E-state index < -0.39 is 33.7 Å². The molecule has 1 heterocycles. The second-order valence-corrected chi connectivity index (χ2v) is 8.45. The predicted octanol–water partition coefficient (Wildman–Crippen LogP) is 4.47. The van der Waals surface area contributed by atoms with E-state index in [1.165, 1.54) is 12.4 Å². The Balaban J connectivity index is 2.58. The number of hydrogen-bond donors (Lipinski definition) is 0. The molecule has 1 aromatic heterocycles. The van der Waals surface area contributed by atoms with E-state index in [0.717, 1.165) is 18.2 Å². The summed E-state index contributed by atoms with van der Waals surface area (Å²) in [6.45, 7) is 5.01. The van der Waals surface area contributed by atoms with Crippen LogP contribution in [0.25, 0.3) is 0 Å². The van der Waals surface area contributed by atoms with Crippen molar-refractivity contribution in [1.82, 2.24) is 9.97 Å². The molecular formula is C16H14ClF4N3O2S. The molecule has 0 amide bonds. The van der Waals surface area contributed by atoms with Crippen molar-refractivity contribution in [2.24, 2.45) is 4.40 Å². The van der Waals surface area contributed by atoms with E-state index in [4.69, 9.17) is 11.6 Å². The maximum absolute atomic E-state index is 14.1. The highest BCUT2D eigenvalue weighted by molar-refractivity contribution is 7.85. The first kappa shape index (κ1) is 21.2. The van der Waals surface area contributed by atoms with Crippen LogP contribution in [-0.2, 0) is 11.0 Å². The second-order valence-electron chi connectivity index (χ2n) is 6.19. The average Bonchev–Trinajstić information content (AvgIpc) is 2.53. The Morgan fingerprint density at radius 2 is 1.81 bits per heavy atom. The summed E-state index contributed by atoms with van der Waals surface area (Å²) in [6, 6.07) is 2.69. The Hall–Kier alpha value is -2.07. The van der Waals surface area contributed by atoms with Crippen molar-refractivity contribution in [3.8, 4) is 5.75 Å². The first-order chi connectivity index (χ1) is 12.4. The highest BCUT2D eigenvalue weighted by atomic mass is 35.5. The third-order valence-corrected chi connectivity index (χ3v) is 4.68. The third-order valence-electron chi connectivity index (χ3n) is 3.01. The fourth-order valence-electron chi connectivity index (χ4n) is 1.79. The van der Waals surface area contributed by atoms with Crippen molar-refractivity contribution in [2.45, 2.75) is 31.9 Å². The number of alkyl halides is 3. The molecule has 0 aliphatic heterocycles. The minimum atomic E-state index is -5.04. The molecule has 11 heteroatoms. The molecule has 0 aliphatic carbocycles. The Labute approximate surface area is 160 Å². The first-order valence-electron chi connectivity index (χ1n) is 7.42. The van der Waals surface area contributed by atoms with Crippen molar-refractivity contribution >= 4 is 28.3 Å². The second kappa shape index (κ2) is 7.89. The van der Waals surface area contributed by atoms with Gasteiger partial charge in [-0.3, -0.25) is 0 Å². The Morgan fingerprint density at radius 1 is 1.19 bits per heavy atom. The lowest BCUT2D eigenvalue weighted by Crippen LogP contribution is -2.22. The van der Waals surface area contributed by atoms with Gasteiger partial charge in [-0.05, 0) is 39.0 Å². The SMILES string of the molecule is CC(C)(C)[S@@](=O)/N=C(/c1ccc(OC(F)(F)F)c(F)c1)c1nccnc1Cl. The van der Waals surface area contributed by atoms with Gasteiger partial charge in [0.25, 0.3) is 0 Å². The topological polar surface area (TPSA) is 64.4 Å². The molecule has 0 saturated carbocycles. The van der Waals surface area contributed by atoms with Gasteiger partial charge in [0.2, 0.25) is 0 Å². The maximum Gasteiger partial charge on any atom is 0.573 e. The fraction of sp³-hybridized carbons (Fsp3) is 0.312. The van der Waals surface area contributed by atoms with Crippen molar-refractivity contribution in [3.05, 3.63) is 52.8 Å². The van der Waals surface area contributed by atoms with Crippen LogP contribution in [0, 0.1) is 5.82 Å². The Kier molecular flexibility index (Phi) is 6.21. The van der Waals surface area contributed by atoms with Gasteiger partial charge in [-0.15, -0.1) is 13.2 Å². The Bertz CT molecular complexity index is 898. The number of ether oxygens (including phenoxy) is 1. The van der Waals surface area contributed by atoms with Gasteiger partial charge in [0.1, 0.15) is 22.4 Å². The lowest BCUT2D eigenvalue weighted by Gasteiger charge is -2.16. The summed E-state index contributed by atoms with van der Waals surface area (Å²) in [6.07, 6.45) is -2.43. The van der Waals surface area contributed by atoms with E-state index in [1.54, 1.807) is 20.8 Å². The largest absolute Gasteiger partial charge is 0.573 e. The van der Waals surface area contributed by atoms with Gasteiger partial charge >= 0.3 is 6.36 Å². The minimum Gasteiger partial charge on any atom is -0.403 e. The molecule has 1 atom stereocenters. The summed E-state index contributed by atoms with van der Waals surface area (Å²) >= 11 is 6.00. The molecule has 146 valence electrons. The molecule has 0 N–H and O–H groups in total. The van der Waals surface area contributed by atoms with Gasteiger partial charge in [-0.2, -0.15) is 4.40 Å². The number of rotatable bonds is 4. The van der Waals surface area contributed by atoms with Gasteiger partial charge in [-0.25, -0.2) is 18.6 Å². The molecule has 0 fully saturated rings. The number of aromatic nitrogens is 2. The van der Waals surface area contributed by atoms with Crippen molar-refractivity contribution in [2.75, 3.05) is 0 Å². The van der Waals surface area contributed by atoms with Crippen molar-refractivity contribution < 1.29 is 26.5 Å². The van der Waals surface area contributed by atoms with E-state index in [-0.39, 0.29) is 22.1 Å². The molecule has 0 unspecified atom stereocenters. The van der Waals surface area contributed by atoms with Gasteiger partial charge < -0.3 is 4.74 Å². The smallest absolute Gasteiger partial charge is 0.403 e. The summed E-state index contributed by atoms with van der Waals surface area (Å²) in [7, 11) is -1.78. The maximum atomic E-state index is 14.1. The molecular weight excluding hydrogens is 410 g/mol. The van der Waals surface area contributed by atoms with Crippen molar-refractivity contribution in [1.29, 1.82) is 0 Å². The number of benzene rings is 1.